The van der Waals surface area contributed by atoms with Crippen LogP contribution in [0.5, 0.6) is 5.75 Å². The molecule has 0 spiro atoms. The molecule has 92 valence electrons. The predicted octanol–water partition coefficient (Wildman–Crippen LogP) is 1.91. The van der Waals surface area contributed by atoms with Gasteiger partial charge < -0.3 is 14.7 Å². The summed E-state index contributed by atoms with van der Waals surface area (Å²) in [6.45, 7) is 2.43. The van der Waals surface area contributed by atoms with Crippen LogP contribution in [-0.4, -0.2) is 42.2 Å². The van der Waals surface area contributed by atoms with Crippen LogP contribution in [-0.2, 0) is 4.74 Å². The quantitative estimate of drug-likeness (QED) is 0.834. The van der Waals surface area contributed by atoms with E-state index >= 15 is 0 Å². The minimum absolute atomic E-state index is 0.0762. The topological polar surface area (TPSA) is 49.8 Å². The van der Waals surface area contributed by atoms with Crippen molar-refractivity contribution in [2.75, 3.05) is 26.3 Å². The van der Waals surface area contributed by atoms with Crippen molar-refractivity contribution < 1.29 is 14.6 Å². The van der Waals surface area contributed by atoms with Gasteiger partial charge in [0.2, 0.25) is 0 Å². The summed E-state index contributed by atoms with van der Waals surface area (Å²) in [4.78, 5) is 13.8. The molecule has 0 aliphatic carbocycles. The number of phenols is 1. The van der Waals surface area contributed by atoms with Crippen molar-refractivity contribution in [2.24, 2.45) is 0 Å². The number of phenolic OH excluding ortho intramolecular Hbond substituents is 1. The number of nitrogens with zero attached hydrogens (tertiary/aromatic N) is 1. The van der Waals surface area contributed by atoms with Crippen molar-refractivity contribution >= 4 is 17.5 Å². The molecular formula is C12H14ClNO3. The van der Waals surface area contributed by atoms with E-state index in [1.54, 1.807) is 17.0 Å². The van der Waals surface area contributed by atoms with Crippen LogP contribution in [0, 0.1) is 0 Å². The fourth-order valence-corrected chi connectivity index (χ4v) is 1.97. The maximum atomic E-state index is 12.2. The van der Waals surface area contributed by atoms with Gasteiger partial charge >= 0.3 is 0 Å². The van der Waals surface area contributed by atoms with Gasteiger partial charge in [-0.25, -0.2) is 0 Å². The van der Waals surface area contributed by atoms with E-state index in [-0.39, 0.29) is 17.2 Å². The van der Waals surface area contributed by atoms with Gasteiger partial charge in [-0.3, -0.25) is 4.79 Å². The number of aromatic hydroxyl groups is 1. The second-order valence-corrected chi connectivity index (χ2v) is 4.36. The number of rotatable bonds is 1. The zero-order chi connectivity index (χ0) is 12.3. The van der Waals surface area contributed by atoms with Gasteiger partial charge in [0.1, 0.15) is 5.75 Å². The summed E-state index contributed by atoms with van der Waals surface area (Å²) < 4.78 is 5.28. The average molecular weight is 256 g/mol. The SMILES string of the molecule is O=C(c1ccc(Cl)cc1O)N1CCCOCC1. The highest BCUT2D eigenvalue weighted by Gasteiger charge is 2.20. The molecule has 0 atom stereocenters. The molecule has 2 rings (SSSR count). The Labute approximate surface area is 105 Å². The average Bonchev–Trinajstić information content (AvgIpc) is 2.56. The van der Waals surface area contributed by atoms with Crippen LogP contribution in [0.3, 0.4) is 0 Å². The number of carbonyl (C=O) groups is 1. The lowest BCUT2D eigenvalue weighted by Gasteiger charge is -2.20. The molecule has 17 heavy (non-hydrogen) atoms. The molecule has 1 saturated heterocycles. The molecule has 1 amide bonds. The maximum Gasteiger partial charge on any atom is 0.257 e. The molecule has 1 aliphatic heterocycles. The summed E-state index contributed by atoms with van der Waals surface area (Å²) in [5.74, 6) is -0.252. The highest BCUT2D eigenvalue weighted by atomic mass is 35.5. The summed E-state index contributed by atoms with van der Waals surface area (Å²) in [6, 6.07) is 4.53. The smallest absolute Gasteiger partial charge is 0.257 e. The van der Waals surface area contributed by atoms with E-state index in [1.807, 2.05) is 0 Å². The first kappa shape index (κ1) is 12.2. The van der Waals surface area contributed by atoms with Gasteiger partial charge in [0.05, 0.1) is 12.2 Å². The van der Waals surface area contributed by atoms with Gasteiger partial charge in [0, 0.05) is 24.7 Å². The fraction of sp³-hybridized carbons (Fsp3) is 0.417. The Balaban J connectivity index is 2.17. The Kier molecular flexibility index (Phi) is 3.86. The van der Waals surface area contributed by atoms with Gasteiger partial charge in [-0.1, -0.05) is 11.6 Å². The number of carbonyl (C=O) groups excluding carboxylic acids is 1. The van der Waals surface area contributed by atoms with E-state index in [0.717, 1.165) is 6.42 Å². The number of benzene rings is 1. The summed E-state index contributed by atoms with van der Waals surface area (Å²) in [5.41, 5.74) is 0.288. The highest BCUT2D eigenvalue weighted by molar-refractivity contribution is 6.30. The van der Waals surface area contributed by atoms with Gasteiger partial charge in [-0.15, -0.1) is 0 Å². The van der Waals surface area contributed by atoms with E-state index in [9.17, 15) is 9.90 Å². The van der Waals surface area contributed by atoms with Gasteiger partial charge in [-0.05, 0) is 24.6 Å². The Hall–Kier alpha value is -1.26. The lowest BCUT2D eigenvalue weighted by Crippen LogP contribution is -2.33. The molecule has 1 fully saturated rings. The van der Waals surface area contributed by atoms with Crippen LogP contribution in [0.2, 0.25) is 5.02 Å². The van der Waals surface area contributed by atoms with Gasteiger partial charge in [-0.2, -0.15) is 0 Å². The van der Waals surface area contributed by atoms with Crippen molar-refractivity contribution in [3.63, 3.8) is 0 Å². The summed E-state index contributed by atoms with van der Waals surface area (Å²) >= 11 is 5.73. The Morgan fingerprint density at radius 3 is 2.94 bits per heavy atom. The molecule has 0 saturated carbocycles. The third-order valence-corrected chi connectivity index (χ3v) is 2.93. The first-order valence-corrected chi connectivity index (χ1v) is 5.92. The fourth-order valence-electron chi connectivity index (χ4n) is 1.81. The zero-order valence-electron chi connectivity index (χ0n) is 9.36. The van der Waals surface area contributed by atoms with Crippen LogP contribution >= 0.6 is 11.6 Å². The highest BCUT2D eigenvalue weighted by Crippen LogP contribution is 2.23. The van der Waals surface area contributed by atoms with E-state index < -0.39 is 0 Å². The summed E-state index contributed by atoms with van der Waals surface area (Å²) in [7, 11) is 0. The first-order valence-electron chi connectivity index (χ1n) is 5.54. The molecule has 0 aromatic heterocycles. The standard InChI is InChI=1S/C12H14ClNO3/c13-9-2-3-10(11(15)8-9)12(16)14-4-1-6-17-7-5-14/h2-3,8,15H,1,4-7H2. The van der Waals surface area contributed by atoms with Crippen molar-refractivity contribution in [3.8, 4) is 5.75 Å². The summed E-state index contributed by atoms with van der Waals surface area (Å²) in [5, 5.41) is 10.1. The van der Waals surface area contributed by atoms with E-state index in [4.69, 9.17) is 16.3 Å². The minimum Gasteiger partial charge on any atom is -0.507 e. The van der Waals surface area contributed by atoms with Crippen LogP contribution < -0.4 is 0 Å². The lowest BCUT2D eigenvalue weighted by atomic mass is 10.1. The number of halogens is 1. The van der Waals surface area contributed by atoms with E-state index in [2.05, 4.69) is 0 Å². The number of amides is 1. The van der Waals surface area contributed by atoms with Crippen LogP contribution in [0.25, 0.3) is 0 Å². The Bertz CT molecular complexity index is 414. The van der Waals surface area contributed by atoms with E-state index in [1.165, 1.54) is 6.07 Å². The third-order valence-electron chi connectivity index (χ3n) is 2.70. The van der Waals surface area contributed by atoms with Crippen molar-refractivity contribution in [2.45, 2.75) is 6.42 Å². The molecular weight excluding hydrogens is 242 g/mol. The number of hydrogen-bond donors (Lipinski definition) is 1. The maximum absolute atomic E-state index is 12.2. The number of ether oxygens (including phenoxy) is 1. The first-order chi connectivity index (χ1) is 8.18. The van der Waals surface area contributed by atoms with Crippen LogP contribution in [0.1, 0.15) is 16.8 Å². The second kappa shape index (κ2) is 5.38. The van der Waals surface area contributed by atoms with Crippen molar-refractivity contribution in [1.82, 2.24) is 4.90 Å². The normalized spacial score (nSPS) is 16.6. The molecule has 1 aromatic carbocycles. The molecule has 1 aliphatic rings. The Morgan fingerprint density at radius 2 is 2.18 bits per heavy atom. The van der Waals surface area contributed by atoms with Gasteiger partial charge in [0.15, 0.2) is 0 Å². The van der Waals surface area contributed by atoms with Crippen LogP contribution in [0.4, 0.5) is 0 Å². The van der Waals surface area contributed by atoms with Gasteiger partial charge in [0.25, 0.3) is 5.91 Å². The second-order valence-electron chi connectivity index (χ2n) is 3.92. The predicted molar refractivity (Wildman–Crippen MR) is 64.5 cm³/mol. The molecule has 1 aromatic rings. The molecule has 0 bridgehead atoms. The molecule has 0 radical (unpaired) electrons. The summed E-state index contributed by atoms with van der Waals surface area (Å²) in [6.07, 6.45) is 0.820. The molecule has 0 unspecified atom stereocenters. The molecule has 5 heteroatoms. The molecule has 1 heterocycles. The molecule has 4 nitrogen and oxygen atoms in total. The number of hydrogen-bond acceptors (Lipinski definition) is 3. The monoisotopic (exact) mass is 255 g/mol. The lowest BCUT2D eigenvalue weighted by molar-refractivity contribution is 0.0738. The van der Waals surface area contributed by atoms with E-state index in [0.29, 0.717) is 31.3 Å². The molecule has 1 N–H and O–H groups in total. The van der Waals surface area contributed by atoms with Crippen LogP contribution in [0.15, 0.2) is 18.2 Å². The van der Waals surface area contributed by atoms with Crippen molar-refractivity contribution in [3.05, 3.63) is 28.8 Å². The Morgan fingerprint density at radius 1 is 1.35 bits per heavy atom. The van der Waals surface area contributed by atoms with Crippen molar-refractivity contribution in [1.29, 1.82) is 0 Å². The third kappa shape index (κ3) is 2.90. The largest absolute Gasteiger partial charge is 0.507 e. The minimum atomic E-state index is -0.176. The zero-order valence-corrected chi connectivity index (χ0v) is 10.1.